The van der Waals surface area contributed by atoms with Crippen molar-refractivity contribution < 1.29 is 12.8 Å². The number of halogens is 1. The van der Waals surface area contributed by atoms with Gasteiger partial charge in [-0.2, -0.15) is 0 Å². The van der Waals surface area contributed by atoms with Gasteiger partial charge in [0.15, 0.2) is 0 Å². The van der Waals surface area contributed by atoms with Crippen LogP contribution < -0.4 is 4.72 Å². The van der Waals surface area contributed by atoms with E-state index in [1.807, 2.05) is 29.9 Å². The summed E-state index contributed by atoms with van der Waals surface area (Å²) < 4.78 is 41.7. The molecule has 6 heteroatoms. The Balaban J connectivity index is 1.95. The van der Waals surface area contributed by atoms with E-state index in [2.05, 4.69) is 4.72 Å². The summed E-state index contributed by atoms with van der Waals surface area (Å²) in [6, 6.07) is 11.9. The van der Waals surface area contributed by atoms with Gasteiger partial charge in [-0.05, 0) is 48.5 Å². The first kappa shape index (κ1) is 13.6. The Morgan fingerprint density at radius 1 is 1.05 bits per heavy atom. The summed E-state index contributed by atoms with van der Waals surface area (Å²) in [5.74, 6) is -0.473. The van der Waals surface area contributed by atoms with Crippen LogP contribution in [0.3, 0.4) is 0 Å². The monoisotopic (exact) mass is 304 g/mol. The van der Waals surface area contributed by atoms with Gasteiger partial charge in [0.05, 0.1) is 4.90 Å². The number of hydrogen-bond donors (Lipinski definition) is 1. The largest absolute Gasteiger partial charge is 0.351 e. The van der Waals surface area contributed by atoms with E-state index in [1.165, 1.54) is 12.1 Å². The molecule has 1 aromatic heterocycles. The van der Waals surface area contributed by atoms with Crippen LogP contribution in [0.1, 0.15) is 0 Å². The minimum Gasteiger partial charge on any atom is -0.351 e. The number of sulfonamides is 1. The second-order valence-electron chi connectivity index (χ2n) is 4.76. The topological polar surface area (TPSA) is 51.1 Å². The number of fused-ring (bicyclic) bond motifs is 1. The van der Waals surface area contributed by atoms with Gasteiger partial charge in [0, 0.05) is 29.8 Å². The third-order valence-corrected chi connectivity index (χ3v) is 4.66. The van der Waals surface area contributed by atoms with E-state index in [-0.39, 0.29) is 4.90 Å². The lowest BCUT2D eigenvalue weighted by Gasteiger charge is -2.08. The maximum atomic E-state index is 12.9. The fourth-order valence-corrected chi connectivity index (χ4v) is 3.22. The Morgan fingerprint density at radius 2 is 1.76 bits per heavy atom. The smallest absolute Gasteiger partial charge is 0.261 e. The van der Waals surface area contributed by atoms with Crippen LogP contribution in [0.2, 0.25) is 0 Å². The Hall–Kier alpha value is -2.34. The Kier molecular flexibility index (Phi) is 3.17. The fraction of sp³-hybridized carbons (Fsp3) is 0.0667. The normalized spacial score (nSPS) is 11.7. The average Bonchev–Trinajstić information content (AvgIpc) is 2.80. The molecular formula is C15H13FN2O2S. The van der Waals surface area contributed by atoms with Gasteiger partial charge in [0.25, 0.3) is 10.0 Å². The molecule has 0 bridgehead atoms. The van der Waals surface area contributed by atoms with Crippen molar-refractivity contribution in [3.05, 3.63) is 60.5 Å². The highest BCUT2D eigenvalue weighted by atomic mass is 32.2. The van der Waals surface area contributed by atoms with Crippen molar-refractivity contribution in [3.63, 3.8) is 0 Å². The first-order valence-corrected chi connectivity index (χ1v) is 7.77. The molecule has 0 atom stereocenters. The van der Waals surface area contributed by atoms with Crippen molar-refractivity contribution in [1.29, 1.82) is 0 Å². The van der Waals surface area contributed by atoms with Crippen LogP contribution in [-0.4, -0.2) is 13.0 Å². The van der Waals surface area contributed by atoms with Crippen molar-refractivity contribution in [2.75, 3.05) is 4.72 Å². The van der Waals surface area contributed by atoms with Crippen LogP contribution in [0.15, 0.2) is 59.6 Å². The molecule has 0 unspecified atom stereocenters. The molecule has 3 rings (SSSR count). The maximum absolute atomic E-state index is 12.9. The molecule has 0 aliphatic carbocycles. The summed E-state index contributed by atoms with van der Waals surface area (Å²) in [6.45, 7) is 0. The molecule has 21 heavy (non-hydrogen) atoms. The predicted molar refractivity (Wildman–Crippen MR) is 80.1 cm³/mol. The van der Waals surface area contributed by atoms with Gasteiger partial charge in [-0.25, -0.2) is 12.8 Å². The molecule has 0 spiro atoms. The van der Waals surface area contributed by atoms with Crippen molar-refractivity contribution in [2.45, 2.75) is 4.90 Å². The molecule has 0 aliphatic rings. The van der Waals surface area contributed by atoms with Crippen LogP contribution in [0.25, 0.3) is 10.9 Å². The van der Waals surface area contributed by atoms with Gasteiger partial charge in [-0.1, -0.05) is 0 Å². The van der Waals surface area contributed by atoms with E-state index in [0.29, 0.717) is 5.69 Å². The number of aromatic nitrogens is 1. The highest BCUT2D eigenvalue weighted by Gasteiger charge is 2.14. The zero-order valence-electron chi connectivity index (χ0n) is 11.2. The second-order valence-corrected chi connectivity index (χ2v) is 6.44. The highest BCUT2D eigenvalue weighted by molar-refractivity contribution is 7.92. The summed E-state index contributed by atoms with van der Waals surface area (Å²) in [7, 11) is -1.79. The van der Waals surface area contributed by atoms with Crippen LogP contribution in [-0.2, 0) is 17.1 Å². The van der Waals surface area contributed by atoms with Gasteiger partial charge in [-0.3, -0.25) is 4.72 Å². The number of hydrogen-bond acceptors (Lipinski definition) is 2. The predicted octanol–water partition coefficient (Wildman–Crippen LogP) is 3.12. The first-order chi connectivity index (χ1) is 9.95. The molecule has 1 N–H and O–H groups in total. The van der Waals surface area contributed by atoms with Crippen molar-refractivity contribution in [2.24, 2.45) is 7.05 Å². The summed E-state index contributed by atoms with van der Waals surface area (Å²) in [5, 5.41) is 0.941. The number of nitrogens with one attached hydrogen (secondary N) is 1. The molecule has 0 amide bonds. The molecule has 4 nitrogen and oxygen atoms in total. The molecule has 108 valence electrons. The molecule has 0 saturated heterocycles. The molecule has 0 radical (unpaired) electrons. The van der Waals surface area contributed by atoms with Gasteiger partial charge >= 0.3 is 0 Å². The quantitative estimate of drug-likeness (QED) is 0.808. The summed E-state index contributed by atoms with van der Waals surface area (Å²) >= 11 is 0. The lowest BCUT2D eigenvalue weighted by Crippen LogP contribution is -2.12. The van der Waals surface area contributed by atoms with Crippen LogP contribution in [0, 0.1) is 5.82 Å². The molecule has 3 aromatic rings. The molecule has 1 heterocycles. The Labute approximate surface area is 121 Å². The van der Waals surface area contributed by atoms with E-state index < -0.39 is 15.8 Å². The van der Waals surface area contributed by atoms with E-state index in [0.717, 1.165) is 23.0 Å². The number of aryl methyl sites for hydroxylation is 1. The zero-order valence-corrected chi connectivity index (χ0v) is 12.1. The average molecular weight is 304 g/mol. The highest BCUT2D eigenvalue weighted by Crippen LogP contribution is 2.22. The van der Waals surface area contributed by atoms with E-state index in [4.69, 9.17) is 0 Å². The Morgan fingerprint density at radius 3 is 2.48 bits per heavy atom. The SMILES string of the molecule is Cn1ccc2cc(NS(=O)(=O)c3ccc(F)cc3)ccc21. The Bertz CT molecular complexity index is 899. The zero-order chi connectivity index (χ0) is 15.0. The van der Waals surface area contributed by atoms with Crippen LogP contribution in [0.5, 0.6) is 0 Å². The van der Waals surface area contributed by atoms with Gasteiger partial charge in [0.1, 0.15) is 5.82 Å². The van der Waals surface area contributed by atoms with Gasteiger partial charge < -0.3 is 4.57 Å². The summed E-state index contributed by atoms with van der Waals surface area (Å²) in [5.41, 5.74) is 1.48. The van der Waals surface area contributed by atoms with E-state index in [1.54, 1.807) is 12.1 Å². The molecule has 0 aliphatic heterocycles. The van der Waals surface area contributed by atoms with Crippen molar-refractivity contribution in [3.8, 4) is 0 Å². The minimum absolute atomic E-state index is 0.0251. The third kappa shape index (κ3) is 2.62. The minimum atomic E-state index is -3.72. The molecule has 2 aromatic carbocycles. The third-order valence-electron chi connectivity index (χ3n) is 3.26. The van der Waals surface area contributed by atoms with Gasteiger partial charge in [0.2, 0.25) is 0 Å². The lowest BCUT2D eigenvalue weighted by molar-refractivity contribution is 0.599. The number of nitrogens with zero attached hydrogens (tertiary/aromatic N) is 1. The number of rotatable bonds is 3. The fourth-order valence-electron chi connectivity index (χ4n) is 2.17. The van der Waals surface area contributed by atoms with Crippen molar-refractivity contribution >= 4 is 26.6 Å². The summed E-state index contributed by atoms with van der Waals surface area (Å²) in [6.07, 6.45) is 1.91. The molecule has 0 saturated carbocycles. The van der Waals surface area contributed by atoms with Crippen LogP contribution in [0.4, 0.5) is 10.1 Å². The lowest BCUT2D eigenvalue weighted by atomic mass is 10.2. The van der Waals surface area contributed by atoms with E-state index >= 15 is 0 Å². The second kappa shape index (κ2) is 4.89. The molecular weight excluding hydrogens is 291 g/mol. The van der Waals surface area contributed by atoms with Gasteiger partial charge in [-0.15, -0.1) is 0 Å². The number of benzene rings is 2. The maximum Gasteiger partial charge on any atom is 0.261 e. The van der Waals surface area contributed by atoms with Crippen LogP contribution >= 0.6 is 0 Å². The summed E-state index contributed by atoms with van der Waals surface area (Å²) in [4.78, 5) is 0.0251. The number of anilines is 1. The standard InChI is InChI=1S/C15H13FN2O2S/c1-18-9-8-11-10-13(4-7-15(11)18)17-21(19,20)14-5-2-12(16)3-6-14/h2-10,17H,1H3. The van der Waals surface area contributed by atoms with Crippen molar-refractivity contribution in [1.82, 2.24) is 4.57 Å². The molecule has 0 fully saturated rings. The first-order valence-electron chi connectivity index (χ1n) is 6.29. The van der Waals surface area contributed by atoms with E-state index in [9.17, 15) is 12.8 Å².